The summed E-state index contributed by atoms with van der Waals surface area (Å²) in [5, 5.41) is 0. The average molecular weight is 214 g/mol. The second-order valence-electron chi connectivity index (χ2n) is 4.79. The lowest BCUT2D eigenvalue weighted by atomic mass is 10.1. The minimum Gasteiger partial charge on any atom is -0.384 e. The normalized spacial score (nSPS) is 29.6. The van der Waals surface area contributed by atoms with E-state index in [0.29, 0.717) is 12.0 Å². The van der Waals surface area contributed by atoms with Gasteiger partial charge in [0.2, 0.25) is 0 Å². The highest BCUT2D eigenvalue weighted by atomic mass is 16.5. The van der Waals surface area contributed by atoms with E-state index in [2.05, 4.69) is 18.7 Å². The minimum absolute atomic E-state index is 0.606. The standard InChI is InChI=1S/C12H26N2O/c1-4-11-5-6-12(7-13)14(11)8-10(2)9-15-3/h10-12H,4-9,13H2,1-3H3. The van der Waals surface area contributed by atoms with Crippen LogP contribution in [-0.4, -0.2) is 43.8 Å². The summed E-state index contributed by atoms with van der Waals surface area (Å²) in [6.45, 7) is 7.31. The lowest BCUT2D eigenvalue weighted by Crippen LogP contribution is -2.43. The largest absolute Gasteiger partial charge is 0.384 e. The zero-order valence-electron chi connectivity index (χ0n) is 10.4. The van der Waals surface area contributed by atoms with Crippen LogP contribution in [0.1, 0.15) is 33.1 Å². The lowest BCUT2D eigenvalue weighted by Gasteiger charge is -2.31. The van der Waals surface area contributed by atoms with Gasteiger partial charge in [-0.05, 0) is 25.2 Å². The third kappa shape index (κ3) is 3.44. The van der Waals surface area contributed by atoms with Crippen LogP contribution in [0, 0.1) is 5.92 Å². The van der Waals surface area contributed by atoms with Gasteiger partial charge in [-0.1, -0.05) is 13.8 Å². The van der Waals surface area contributed by atoms with Crippen molar-refractivity contribution in [2.24, 2.45) is 11.7 Å². The Labute approximate surface area is 94.0 Å². The zero-order valence-corrected chi connectivity index (χ0v) is 10.4. The Kier molecular flexibility index (Phi) is 5.58. The third-order valence-electron chi connectivity index (χ3n) is 3.49. The molecule has 3 unspecified atom stereocenters. The van der Waals surface area contributed by atoms with Crippen LogP contribution in [-0.2, 0) is 4.74 Å². The molecule has 1 rings (SSSR count). The number of likely N-dealkylation sites (tertiary alicyclic amines) is 1. The number of hydrogen-bond acceptors (Lipinski definition) is 3. The molecule has 0 aromatic heterocycles. The van der Waals surface area contributed by atoms with Gasteiger partial charge in [0, 0.05) is 38.9 Å². The molecule has 0 aromatic carbocycles. The summed E-state index contributed by atoms with van der Waals surface area (Å²) in [4.78, 5) is 2.60. The first kappa shape index (κ1) is 12.9. The Morgan fingerprint density at radius 1 is 1.40 bits per heavy atom. The van der Waals surface area contributed by atoms with Gasteiger partial charge >= 0.3 is 0 Å². The fourth-order valence-electron chi connectivity index (χ4n) is 2.70. The van der Waals surface area contributed by atoms with Gasteiger partial charge in [0.05, 0.1) is 0 Å². The van der Waals surface area contributed by atoms with Crippen molar-refractivity contribution in [3.8, 4) is 0 Å². The Bertz CT molecular complexity index is 163. The Morgan fingerprint density at radius 3 is 2.60 bits per heavy atom. The maximum atomic E-state index is 5.82. The van der Waals surface area contributed by atoms with Crippen molar-refractivity contribution < 1.29 is 4.74 Å². The molecule has 1 heterocycles. The van der Waals surface area contributed by atoms with Crippen LogP contribution < -0.4 is 5.73 Å². The number of methoxy groups -OCH3 is 1. The fraction of sp³-hybridized carbons (Fsp3) is 1.00. The summed E-state index contributed by atoms with van der Waals surface area (Å²) >= 11 is 0. The van der Waals surface area contributed by atoms with Gasteiger partial charge in [0.1, 0.15) is 0 Å². The highest BCUT2D eigenvalue weighted by Gasteiger charge is 2.31. The third-order valence-corrected chi connectivity index (χ3v) is 3.49. The fourth-order valence-corrected chi connectivity index (χ4v) is 2.70. The molecule has 15 heavy (non-hydrogen) atoms. The van der Waals surface area contributed by atoms with Crippen LogP contribution in [0.2, 0.25) is 0 Å². The molecule has 0 spiro atoms. The molecule has 1 aliphatic heterocycles. The number of rotatable bonds is 6. The second kappa shape index (κ2) is 6.46. The van der Waals surface area contributed by atoms with Crippen LogP contribution in [0.15, 0.2) is 0 Å². The van der Waals surface area contributed by atoms with E-state index in [-0.39, 0.29) is 0 Å². The molecular formula is C12H26N2O. The van der Waals surface area contributed by atoms with Gasteiger partial charge in [-0.3, -0.25) is 4.90 Å². The van der Waals surface area contributed by atoms with Gasteiger partial charge in [-0.15, -0.1) is 0 Å². The predicted octanol–water partition coefficient (Wildman–Crippen LogP) is 1.47. The minimum atomic E-state index is 0.606. The number of nitrogens with two attached hydrogens (primary N) is 1. The molecule has 2 N–H and O–H groups in total. The van der Waals surface area contributed by atoms with Gasteiger partial charge in [0.25, 0.3) is 0 Å². The molecule has 3 nitrogen and oxygen atoms in total. The van der Waals surface area contributed by atoms with E-state index in [1.54, 1.807) is 7.11 Å². The summed E-state index contributed by atoms with van der Waals surface area (Å²) in [5.41, 5.74) is 5.82. The summed E-state index contributed by atoms with van der Waals surface area (Å²) in [6.07, 6.45) is 3.84. The first-order valence-electron chi connectivity index (χ1n) is 6.17. The summed E-state index contributed by atoms with van der Waals surface area (Å²) in [6, 6.07) is 1.35. The lowest BCUT2D eigenvalue weighted by molar-refractivity contribution is 0.106. The predicted molar refractivity (Wildman–Crippen MR) is 63.9 cm³/mol. The van der Waals surface area contributed by atoms with E-state index in [0.717, 1.165) is 25.7 Å². The SMILES string of the molecule is CCC1CCC(CN)N1CC(C)COC. The first-order valence-corrected chi connectivity index (χ1v) is 6.17. The number of nitrogens with zero attached hydrogens (tertiary/aromatic N) is 1. The Balaban J connectivity index is 2.46. The molecule has 0 radical (unpaired) electrons. The van der Waals surface area contributed by atoms with Crippen molar-refractivity contribution in [1.29, 1.82) is 0 Å². The van der Waals surface area contributed by atoms with Gasteiger partial charge in [-0.2, -0.15) is 0 Å². The van der Waals surface area contributed by atoms with Crippen LogP contribution in [0.4, 0.5) is 0 Å². The maximum Gasteiger partial charge on any atom is 0.0500 e. The molecule has 0 saturated carbocycles. The van der Waals surface area contributed by atoms with Crippen molar-refractivity contribution in [3.05, 3.63) is 0 Å². The zero-order chi connectivity index (χ0) is 11.3. The van der Waals surface area contributed by atoms with Gasteiger partial charge in [-0.25, -0.2) is 0 Å². The van der Waals surface area contributed by atoms with Crippen LogP contribution in [0.5, 0.6) is 0 Å². The quantitative estimate of drug-likeness (QED) is 0.727. The van der Waals surface area contributed by atoms with E-state index < -0.39 is 0 Å². The van der Waals surface area contributed by atoms with Gasteiger partial charge < -0.3 is 10.5 Å². The average Bonchev–Trinajstić information content (AvgIpc) is 2.60. The Morgan fingerprint density at radius 2 is 2.07 bits per heavy atom. The van der Waals surface area contributed by atoms with Crippen LogP contribution in [0.25, 0.3) is 0 Å². The van der Waals surface area contributed by atoms with E-state index in [4.69, 9.17) is 10.5 Å². The molecule has 0 aliphatic carbocycles. The second-order valence-corrected chi connectivity index (χ2v) is 4.79. The van der Waals surface area contributed by atoms with Crippen molar-refractivity contribution in [1.82, 2.24) is 4.90 Å². The molecule has 1 aliphatic rings. The highest BCUT2D eigenvalue weighted by Crippen LogP contribution is 2.26. The molecule has 0 aromatic rings. The highest BCUT2D eigenvalue weighted by molar-refractivity contribution is 4.88. The van der Waals surface area contributed by atoms with Crippen molar-refractivity contribution >= 4 is 0 Å². The number of hydrogen-bond donors (Lipinski definition) is 1. The summed E-state index contributed by atoms with van der Waals surface area (Å²) in [5.74, 6) is 0.608. The van der Waals surface area contributed by atoms with Crippen LogP contribution in [0.3, 0.4) is 0 Å². The van der Waals surface area contributed by atoms with Gasteiger partial charge in [0.15, 0.2) is 0 Å². The molecule has 1 saturated heterocycles. The van der Waals surface area contributed by atoms with E-state index in [9.17, 15) is 0 Å². The summed E-state index contributed by atoms with van der Waals surface area (Å²) in [7, 11) is 1.78. The molecule has 90 valence electrons. The molecule has 1 fully saturated rings. The Hall–Kier alpha value is -0.120. The van der Waals surface area contributed by atoms with E-state index >= 15 is 0 Å². The monoisotopic (exact) mass is 214 g/mol. The van der Waals surface area contributed by atoms with E-state index in [1.807, 2.05) is 0 Å². The number of ether oxygens (including phenoxy) is 1. The maximum absolute atomic E-state index is 5.82. The van der Waals surface area contributed by atoms with E-state index in [1.165, 1.54) is 19.3 Å². The summed E-state index contributed by atoms with van der Waals surface area (Å²) < 4.78 is 5.19. The molecular weight excluding hydrogens is 188 g/mol. The smallest absolute Gasteiger partial charge is 0.0500 e. The first-order chi connectivity index (χ1) is 7.22. The van der Waals surface area contributed by atoms with Crippen molar-refractivity contribution in [2.75, 3.05) is 26.8 Å². The molecule has 0 amide bonds. The van der Waals surface area contributed by atoms with Crippen molar-refractivity contribution in [3.63, 3.8) is 0 Å². The molecule has 3 atom stereocenters. The molecule has 0 bridgehead atoms. The van der Waals surface area contributed by atoms with Crippen LogP contribution >= 0.6 is 0 Å². The van der Waals surface area contributed by atoms with Crippen molar-refractivity contribution in [2.45, 2.75) is 45.2 Å². The molecule has 3 heteroatoms. The topological polar surface area (TPSA) is 38.5 Å².